The largest absolute Gasteiger partial charge is 0.492 e. The number of nitrogens with zero attached hydrogens (tertiary/aromatic N) is 2. The fourth-order valence-corrected chi connectivity index (χ4v) is 1.93. The van der Waals surface area contributed by atoms with E-state index in [9.17, 15) is 4.39 Å². The highest BCUT2D eigenvalue weighted by Gasteiger charge is 2.09. The van der Waals surface area contributed by atoms with E-state index in [1.54, 1.807) is 6.07 Å². The number of ether oxygens (including phenoxy) is 1. The molecule has 6 heteroatoms. The lowest BCUT2D eigenvalue weighted by atomic mass is 10.3. The lowest BCUT2D eigenvalue weighted by Crippen LogP contribution is -2.43. The second-order valence-electron chi connectivity index (χ2n) is 4.33. The molecule has 0 atom stereocenters. The van der Waals surface area contributed by atoms with Gasteiger partial charge >= 0.3 is 0 Å². The molecule has 0 spiro atoms. The monoisotopic (exact) mass is 285 g/mol. The zero-order valence-electron chi connectivity index (χ0n) is 10.8. The number of hydrogen-bond acceptors (Lipinski definition) is 4. The van der Waals surface area contributed by atoms with Crippen molar-refractivity contribution < 1.29 is 9.13 Å². The van der Waals surface area contributed by atoms with Gasteiger partial charge in [0.15, 0.2) is 5.96 Å². The highest BCUT2D eigenvalue weighted by molar-refractivity contribution is 6.30. The molecule has 0 saturated heterocycles. The van der Waals surface area contributed by atoms with Gasteiger partial charge in [-0.25, -0.2) is 4.39 Å². The fourth-order valence-electron chi connectivity index (χ4n) is 1.81. The van der Waals surface area contributed by atoms with E-state index in [4.69, 9.17) is 16.3 Å². The van der Waals surface area contributed by atoms with E-state index < -0.39 is 5.82 Å². The number of guanidine groups is 1. The van der Waals surface area contributed by atoms with Crippen molar-refractivity contribution >= 4 is 17.6 Å². The Kier molecular flexibility index (Phi) is 4.85. The summed E-state index contributed by atoms with van der Waals surface area (Å²) < 4.78 is 18.6. The van der Waals surface area contributed by atoms with Crippen LogP contribution in [0.3, 0.4) is 0 Å². The highest BCUT2D eigenvalue weighted by atomic mass is 35.5. The SMILES string of the molecule is CN1CCCN=C1NCCOc1ccc(Cl)c(F)c1. The summed E-state index contributed by atoms with van der Waals surface area (Å²) in [6.45, 7) is 2.92. The normalized spacial score (nSPS) is 15.1. The zero-order valence-corrected chi connectivity index (χ0v) is 11.6. The van der Waals surface area contributed by atoms with Crippen molar-refractivity contribution in [2.75, 3.05) is 33.3 Å². The van der Waals surface area contributed by atoms with Crippen molar-refractivity contribution in [1.29, 1.82) is 0 Å². The van der Waals surface area contributed by atoms with Gasteiger partial charge in [0.2, 0.25) is 0 Å². The van der Waals surface area contributed by atoms with E-state index in [2.05, 4.69) is 15.2 Å². The minimum atomic E-state index is -0.469. The number of rotatable bonds is 4. The van der Waals surface area contributed by atoms with E-state index in [0.717, 1.165) is 25.5 Å². The van der Waals surface area contributed by atoms with E-state index in [1.165, 1.54) is 12.1 Å². The third kappa shape index (κ3) is 3.99. The lowest BCUT2D eigenvalue weighted by molar-refractivity contribution is 0.316. The van der Waals surface area contributed by atoms with Crippen molar-refractivity contribution in [3.8, 4) is 5.75 Å². The smallest absolute Gasteiger partial charge is 0.193 e. The molecule has 104 valence electrons. The Bertz CT molecular complexity index is 467. The van der Waals surface area contributed by atoms with Crippen LogP contribution in [0.15, 0.2) is 23.2 Å². The average Bonchev–Trinajstić information content (AvgIpc) is 2.40. The maximum Gasteiger partial charge on any atom is 0.193 e. The van der Waals surface area contributed by atoms with Gasteiger partial charge in [0.25, 0.3) is 0 Å². The molecule has 1 heterocycles. The Hall–Kier alpha value is -1.49. The van der Waals surface area contributed by atoms with Crippen LogP contribution in [-0.4, -0.2) is 44.1 Å². The van der Waals surface area contributed by atoms with E-state index in [-0.39, 0.29) is 5.02 Å². The number of hydrogen-bond donors (Lipinski definition) is 1. The van der Waals surface area contributed by atoms with Crippen LogP contribution in [-0.2, 0) is 0 Å². The molecular weight excluding hydrogens is 269 g/mol. The molecule has 1 aliphatic rings. The molecular formula is C13H17ClFN3O. The lowest BCUT2D eigenvalue weighted by Gasteiger charge is -2.25. The van der Waals surface area contributed by atoms with Crippen molar-refractivity contribution in [2.45, 2.75) is 6.42 Å². The van der Waals surface area contributed by atoms with Gasteiger partial charge in [0, 0.05) is 26.2 Å². The van der Waals surface area contributed by atoms with Gasteiger partial charge in [0.1, 0.15) is 18.2 Å². The molecule has 19 heavy (non-hydrogen) atoms. The van der Waals surface area contributed by atoms with Gasteiger partial charge in [0.05, 0.1) is 11.6 Å². The maximum atomic E-state index is 13.2. The molecule has 1 N–H and O–H groups in total. The topological polar surface area (TPSA) is 36.9 Å². The molecule has 0 saturated carbocycles. The second-order valence-corrected chi connectivity index (χ2v) is 4.74. The minimum absolute atomic E-state index is 0.101. The molecule has 0 aromatic heterocycles. The quantitative estimate of drug-likeness (QED) is 0.861. The van der Waals surface area contributed by atoms with Gasteiger partial charge in [-0.05, 0) is 18.6 Å². The number of nitrogens with one attached hydrogen (secondary N) is 1. The summed E-state index contributed by atoms with van der Waals surface area (Å²) >= 11 is 5.60. The Labute approximate surface area is 117 Å². The first kappa shape index (κ1) is 13.9. The molecule has 0 unspecified atom stereocenters. The van der Waals surface area contributed by atoms with Crippen LogP contribution in [0.5, 0.6) is 5.75 Å². The van der Waals surface area contributed by atoms with Crippen LogP contribution < -0.4 is 10.1 Å². The molecule has 4 nitrogen and oxygen atoms in total. The Morgan fingerprint density at radius 1 is 1.53 bits per heavy atom. The first-order valence-electron chi connectivity index (χ1n) is 6.24. The summed E-state index contributed by atoms with van der Waals surface area (Å²) in [6.07, 6.45) is 1.09. The number of benzene rings is 1. The van der Waals surface area contributed by atoms with E-state index in [0.29, 0.717) is 18.9 Å². The predicted octanol–water partition coefficient (Wildman–Crippen LogP) is 2.14. The van der Waals surface area contributed by atoms with Crippen LogP contribution >= 0.6 is 11.6 Å². The van der Waals surface area contributed by atoms with Gasteiger partial charge in [-0.1, -0.05) is 11.6 Å². The number of halogens is 2. The van der Waals surface area contributed by atoms with Crippen molar-refractivity contribution in [3.63, 3.8) is 0 Å². The molecule has 1 aromatic rings. The molecule has 0 amide bonds. The first-order valence-corrected chi connectivity index (χ1v) is 6.62. The second kappa shape index (κ2) is 6.61. The molecule has 0 fully saturated rings. The molecule has 0 bridgehead atoms. The fraction of sp³-hybridized carbons (Fsp3) is 0.462. The van der Waals surface area contributed by atoms with E-state index in [1.807, 2.05) is 7.05 Å². The van der Waals surface area contributed by atoms with Crippen molar-refractivity contribution in [2.24, 2.45) is 4.99 Å². The minimum Gasteiger partial charge on any atom is -0.492 e. The first-order chi connectivity index (χ1) is 9.16. The molecule has 0 radical (unpaired) electrons. The maximum absolute atomic E-state index is 13.2. The molecule has 0 aliphatic carbocycles. The summed E-state index contributed by atoms with van der Waals surface area (Å²) in [6, 6.07) is 4.42. The third-order valence-electron chi connectivity index (χ3n) is 2.82. The predicted molar refractivity (Wildman–Crippen MR) is 74.5 cm³/mol. The van der Waals surface area contributed by atoms with Crippen LogP contribution in [0, 0.1) is 5.82 Å². The van der Waals surface area contributed by atoms with Crippen molar-refractivity contribution in [3.05, 3.63) is 29.0 Å². The van der Waals surface area contributed by atoms with Crippen LogP contribution in [0.25, 0.3) is 0 Å². The molecule has 1 aliphatic heterocycles. The van der Waals surface area contributed by atoms with Crippen LogP contribution in [0.4, 0.5) is 4.39 Å². The highest BCUT2D eigenvalue weighted by Crippen LogP contribution is 2.20. The molecule has 1 aromatic carbocycles. The van der Waals surface area contributed by atoms with Gasteiger partial charge < -0.3 is 15.0 Å². The number of aliphatic imine (C=N–C) groups is 1. The third-order valence-corrected chi connectivity index (χ3v) is 3.13. The van der Waals surface area contributed by atoms with Gasteiger partial charge in [-0.3, -0.25) is 4.99 Å². The van der Waals surface area contributed by atoms with Gasteiger partial charge in [-0.15, -0.1) is 0 Å². The summed E-state index contributed by atoms with van der Waals surface area (Å²) in [5.74, 6) is 0.892. The Morgan fingerprint density at radius 2 is 2.37 bits per heavy atom. The Balaban J connectivity index is 1.74. The summed E-state index contributed by atoms with van der Waals surface area (Å²) in [7, 11) is 2.00. The van der Waals surface area contributed by atoms with E-state index >= 15 is 0 Å². The van der Waals surface area contributed by atoms with Gasteiger partial charge in [-0.2, -0.15) is 0 Å². The summed E-state index contributed by atoms with van der Waals surface area (Å²) in [5, 5.41) is 3.30. The average molecular weight is 286 g/mol. The summed E-state index contributed by atoms with van der Waals surface area (Å²) in [4.78, 5) is 6.45. The summed E-state index contributed by atoms with van der Waals surface area (Å²) in [5.41, 5.74) is 0. The van der Waals surface area contributed by atoms with Crippen molar-refractivity contribution in [1.82, 2.24) is 10.2 Å². The molecule has 2 rings (SSSR count). The van der Waals surface area contributed by atoms with Crippen LogP contribution in [0.2, 0.25) is 5.02 Å². The Morgan fingerprint density at radius 3 is 3.11 bits per heavy atom. The van der Waals surface area contributed by atoms with Crippen LogP contribution in [0.1, 0.15) is 6.42 Å². The standard InChI is InChI=1S/C13H17ClFN3O/c1-18-7-2-5-16-13(18)17-6-8-19-10-3-4-11(14)12(15)9-10/h3-4,9H,2,5-8H2,1H3,(H,16,17). The zero-order chi connectivity index (χ0) is 13.7.